The van der Waals surface area contributed by atoms with E-state index in [1.165, 1.54) is 0 Å². The van der Waals surface area contributed by atoms with E-state index in [-0.39, 0.29) is 0 Å². The van der Waals surface area contributed by atoms with E-state index in [9.17, 15) is 0 Å². The van der Waals surface area contributed by atoms with Gasteiger partial charge in [-0.2, -0.15) is 4.98 Å². The zero-order chi connectivity index (χ0) is 32.2. The molecule has 0 spiro atoms. The van der Waals surface area contributed by atoms with Crippen molar-refractivity contribution in [3.05, 3.63) is 102 Å². The van der Waals surface area contributed by atoms with E-state index in [1.54, 1.807) is 14.2 Å². The molecule has 2 aliphatic heterocycles. The van der Waals surface area contributed by atoms with E-state index >= 15 is 0 Å². The van der Waals surface area contributed by atoms with Gasteiger partial charge < -0.3 is 34.6 Å². The van der Waals surface area contributed by atoms with Crippen molar-refractivity contribution in [2.45, 2.75) is 19.5 Å². The number of ether oxygens (including phenoxy) is 3. The Morgan fingerprint density at radius 3 is 1.94 bits per heavy atom. The number of hydrogen-bond donors (Lipinski definition) is 1. The minimum absolute atomic E-state index is 0.621. The lowest BCUT2D eigenvalue weighted by Gasteiger charge is -2.28. The molecule has 0 saturated carbocycles. The van der Waals surface area contributed by atoms with E-state index in [0.717, 1.165) is 82.7 Å². The van der Waals surface area contributed by atoms with Crippen molar-refractivity contribution in [3.8, 4) is 22.8 Å². The molecule has 1 fully saturated rings. The maximum Gasteiger partial charge on any atom is 0.228 e. The van der Waals surface area contributed by atoms with Gasteiger partial charge in [-0.25, -0.2) is 15.0 Å². The van der Waals surface area contributed by atoms with Crippen molar-refractivity contribution in [1.82, 2.24) is 19.9 Å². The fourth-order valence-corrected chi connectivity index (χ4v) is 6.00. The summed E-state index contributed by atoms with van der Waals surface area (Å²) in [6.45, 7) is 4.80. The van der Waals surface area contributed by atoms with Gasteiger partial charge in [0.15, 0.2) is 0 Å². The summed E-state index contributed by atoms with van der Waals surface area (Å²) in [5.74, 6) is 3.86. The molecule has 5 aromatic rings. The molecule has 0 aliphatic carbocycles. The molecule has 0 unspecified atom stereocenters. The maximum absolute atomic E-state index is 5.99. The molecule has 11 heteroatoms. The fourth-order valence-electron chi connectivity index (χ4n) is 6.00. The molecule has 240 valence electrons. The van der Waals surface area contributed by atoms with Crippen LogP contribution in [0.1, 0.15) is 16.7 Å². The lowest BCUT2D eigenvalue weighted by molar-refractivity contribution is 0.122. The molecule has 2 aliphatic rings. The van der Waals surface area contributed by atoms with Crippen LogP contribution >= 0.6 is 0 Å². The third-order valence-corrected chi connectivity index (χ3v) is 8.57. The predicted molar refractivity (Wildman–Crippen MR) is 184 cm³/mol. The molecule has 11 nitrogen and oxygen atoms in total. The van der Waals surface area contributed by atoms with Crippen LogP contribution in [0.4, 0.5) is 29.1 Å². The second-order valence-corrected chi connectivity index (χ2v) is 11.6. The summed E-state index contributed by atoms with van der Waals surface area (Å²) in [5, 5.41) is 0. The monoisotopic (exact) mass is 630 g/mol. The molecule has 0 bridgehead atoms. The van der Waals surface area contributed by atoms with Gasteiger partial charge in [0.25, 0.3) is 0 Å². The molecular formula is C36H38N8O3. The summed E-state index contributed by atoms with van der Waals surface area (Å²) >= 11 is 0. The lowest BCUT2D eigenvalue weighted by Crippen LogP contribution is -2.37. The first-order valence-corrected chi connectivity index (χ1v) is 15.8. The van der Waals surface area contributed by atoms with Gasteiger partial charge in [0.05, 0.1) is 33.1 Å². The van der Waals surface area contributed by atoms with Gasteiger partial charge in [-0.3, -0.25) is 0 Å². The second-order valence-electron chi connectivity index (χ2n) is 11.6. The summed E-state index contributed by atoms with van der Waals surface area (Å²) in [7, 11) is 3.35. The molecular weight excluding hydrogens is 592 g/mol. The fraction of sp³-hybridized carbons (Fsp3) is 0.278. The lowest BCUT2D eigenvalue weighted by atomic mass is 10.1. The normalized spacial score (nSPS) is 14.2. The Kier molecular flexibility index (Phi) is 8.70. The first-order chi connectivity index (χ1) is 23.1. The predicted octanol–water partition coefficient (Wildman–Crippen LogP) is 5.27. The molecule has 2 N–H and O–H groups in total. The minimum Gasteiger partial charge on any atom is -0.497 e. The molecule has 3 aromatic carbocycles. The topological polar surface area (TPSA) is 115 Å². The van der Waals surface area contributed by atoms with Crippen LogP contribution in [0, 0.1) is 0 Å². The van der Waals surface area contributed by atoms with Crippen molar-refractivity contribution in [1.29, 1.82) is 0 Å². The highest BCUT2D eigenvalue weighted by Crippen LogP contribution is 2.39. The van der Waals surface area contributed by atoms with Gasteiger partial charge >= 0.3 is 0 Å². The number of hydrogen-bond acceptors (Lipinski definition) is 11. The number of fused-ring (bicyclic) bond motifs is 1. The van der Waals surface area contributed by atoms with Gasteiger partial charge in [-0.15, -0.1) is 0 Å². The highest BCUT2D eigenvalue weighted by Gasteiger charge is 2.29. The number of anilines is 5. The number of nitrogens with zero attached hydrogens (tertiary/aromatic N) is 7. The Balaban J connectivity index is 1.23. The molecule has 0 atom stereocenters. The van der Waals surface area contributed by atoms with E-state index in [4.69, 9.17) is 39.9 Å². The third-order valence-electron chi connectivity index (χ3n) is 8.57. The average Bonchev–Trinajstić information content (AvgIpc) is 3.56. The number of rotatable bonds is 10. The van der Waals surface area contributed by atoms with Gasteiger partial charge in [0.2, 0.25) is 11.9 Å². The number of morpholine rings is 1. The molecule has 7 rings (SSSR count). The molecule has 4 heterocycles. The van der Waals surface area contributed by atoms with Crippen LogP contribution in [-0.2, 0) is 24.2 Å². The minimum atomic E-state index is 0.621. The Labute approximate surface area is 274 Å². The number of benzene rings is 3. The van der Waals surface area contributed by atoms with Crippen molar-refractivity contribution < 1.29 is 14.2 Å². The highest BCUT2D eigenvalue weighted by molar-refractivity contribution is 5.77. The summed E-state index contributed by atoms with van der Waals surface area (Å²) in [4.78, 5) is 26.6. The molecule has 0 amide bonds. The zero-order valence-corrected chi connectivity index (χ0v) is 26.7. The first kappa shape index (κ1) is 30.2. The zero-order valence-electron chi connectivity index (χ0n) is 26.7. The average molecular weight is 631 g/mol. The van der Waals surface area contributed by atoms with Crippen LogP contribution in [0.15, 0.2) is 85.2 Å². The molecule has 0 radical (unpaired) electrons. The van der Waals surface area contributed by atoms with Gasteiger partial charge in [-0.05, 0) is 66.1 Å². The maximum atomic E-state index is 5.99. The van der Waals surface area contributed by atoms with Gasteiger partial charge in [0.1, 0.15) is 17.3 Å². The number of methoxy groups -OCH3 is 2. The van der Waals surface area contributed by atoms with Crippen LogP contribution in [0.2, 0.25) is 0 Å². The van der Waals surface area contributed by atoms with Crippen LogP contribution < -0.4 is 29.9 Å². The van der Waals surface area contributed by atoms with E-state index in [1.807, 2.05) is 60.9 Å². The van der Waals surface area contributed by atoms with Crippen molar-refractivity contribution in [3.63, 3.8) is 0 Å². The summed E-state index contributed by atoms with van der Waals surface area (Å²) < 4.78 is 16.4. The first-order valence-electron chi connectivity index (χ1n) is 15.8. The number of nitrogens with two attached hydrogens (primary N) is 1. The Morgan fingerprint density at radius 1 is 0.766 bits per heavy atom. The number of nitrogen functional groups attached to an aromatic ring is 1. The molecule has 2 aromatic heterocycles. The standard InChI is InChI=1S/C36H38N8O3/c1-45-30-11-3-25(4-12-30)23-43(24-26-5-13-31(46-2)14-6-26)35-38-21-27(22-39-35)33-32-15-16-44(29-9-7-28(37)8-10-29)34(32)41-36(40-33)42-17-19-47-20-18-42/h3-14,21-22H,15-20,23-24,37H2,1-2H3. The van der Waals surface area contributed by atoms with Crippen LogP contribution in [0.3, 0.4) is 0 Å². The summed E-state index contributed by atoms with van der Waals surface area (Å²) in [5.41, 5.74) is 12.8. The Bertz CT molecular complexity index is 1740. The molecule has 47 heavy (non-hydrogen) atoms. The second kappa shape index (κ2) is 13.5. The van der Waals surface area contributed by atoms with Gasteiger partial charge in [-0.1, -0.05) is 24.3 Å². The van der Waals surface area contributed by atoms with Crippen LogP contribution in [0.25, 0.3) is 11.3 Å². The summed E-state index contributed by atoms with van der Waals surface area (Å²) in [6, 6.07) is 24.1. The summed E-state index contributed by atoms with van der Waals surface area (Å²) in [6.07, 6.45) is 4.57. The van der Waals surface area contributed by atoms with Gasteiger partial charge in [0, 0.05) is 67.6 Å². The Morgan fingerprint density at radius 2 is 1.36 bits per heavy atom. The number of aromatic nitrogens is 4. The SMILES string of the molecule is COc1ccc(CN(Cc2ccc(OC)cc2)c2ncc(-c3nc(N4CCOCC4)nc4c3CCN4c3ccc(N)cc3)cn2)cc1. The van der Waals surface area contributed by atoms with Crippen LogP contribution in [0.5, 0.6) is 11.5 Å². The van der Waals surface area contributed by atoms with Crippen molar-refractivity contribution in [2.24, 2.45) is 0 Å². The Hall–Kier alpha value is -5.42. The smallest absolute Gasteiger partial charge is 0.228 e. The third kappa shape index (κ3) is 6.61. The van der Waals surface area contributed by atoms with E-state index in [0.29, 0.717) is 38.2 Å². The van der Waals surface area contributed by atoms with Crippen molar-refractivity contribution in [2.75, 3.05) is 67.5 Å². The quantitative estimate of drug-likeness (QED) is 0.204. The van der Waals surface area contributed by atoms with Crippen molar-refractivity contribution >= 4 is 29.1 Å². The van der Waals surface area contributed by atoms with E-state index in [2.05, 4.69) is 39.0 Å². The highest BCUT2D eigenvalue weighted by atomic mass is 16.5. The molecule has 1 saturated heterocycles. The largest absolute Gasteiger partial charge is 0.497 e. The van der Waals surface area contributed by atoms with Crippen LogP contribution in [-0.4, -0.2) is 67.0 Å². The van der Waals surface area contributed by atoms with E-state index < -0.39 is 0 Å².